The van der Waals surface area contributed by atoms with Crippen LogP contribution in [0.15, 0.2) is 42.5 Å². The summed E-state index contributed by atoms with van der Waals surface area (Å²) in [5, 5.41) is 3.48. The predicted molar refractivity (Wildman–Crippen MR) is 110 cm³/mol. The maximum Gasteiger partial charge on any atom is 0.126 e. The smallest absolute Gasteiger partial charge is 0.126 e. The molecule has 1 N–H and O–H groups in total. The minimum absolute atomic E-state index is 0.0143. The highest BCUT2D eigenvalue weighted by Crippen LogP contribution is 2.48. The average Bonchev–Trinajstić information content (AvgIpc) is 3.02. The van der Waals surface area contributed by atoms with Gasteiger partial charge in [-0.3, -0.25) is 4.90 Å². The molecule has 2 fully saturated rings. The Morgan fingerprint density at radius 3 is 2.52 bits per heavy atom. The van der Waals surface area contributed by atoms with E-state index in [9.17, 15) is 8.78 Å². The van der Waals surface area contributed by atoms with Crippen LogP contribution >= 0.6 is 0 Å². The van der Waals surface area contributed by atoms with Crippen molar-refractivity contribution in [1.82, 2.24) is 4.90 Å². The van der Waals surface area contributed by atoms with Crippen LogP contribution in [0.4, 0.5) is 14.5 Å². The Morgan fingerprint density at radius 1 is 1.00 bits per heavy atom. The number of ether oxygens (including phenoxy) is 1. The molecule has 2 aliphatic heterocycles. The van der Waals surface area contributed by atoms with Crippen LogP contribution in [-0.4, -0.2) is 36.7 Å². The van der Waals surface area contributed by atoms with Gasteiger partial charge in [0.2, 0.25) is 0 Å². The van der Waals surface area contributed by atoms with Crippen molar-refractivity contribution < 1.29 is 13.5 Å². The lowest BCUT2D eigenvalue weighted by Gasteiger charge is -2.48. The number of anilines is 1. The van der Waals surface area contributed by atoms with E-state index < -0.39 is 0 Å². The van der Waals surface area contributed by atoms with Gasteiger partial charge in [0, 0.05) is 42.8 Å². The number of likely N-dealkylation sites (tertiary alicyclic amines) is 1. The summed E-state index contributed by atoms with van der Waals surface area (Å²) in [7, 11) is 0. The number of hydrogen-bond donors (Lipinski definition) is 1. The largest absolute Gasteiger partial charge is 0.488 e. The van der Waals surface area contributed by atoms with Crippen LogP contribution in [0.25, 0.3) is 0 Å². The Kier molecular flexibility index (Phi) is 4.73. The monoisotopic (exact) mass is 398 g/mol. The van der Waals surface area contributed by atoms with Crippen LogP contribution in [0.1, 0.15) is 38.2 Å². The van der Waals surface area contributed by atoms with Crippen LogP contribution < -0.4 is 10.1 Å². The predicted octanol–water partition coefficient (Wildman–Crippen LogP) is 4.97. The third-order valence-electron chi connectivity index (χ3n) is 7.33. The Labute approximate surface area is 171 Å². The summed E-state index contributed by atoms with van der Waals surface area (Å²) in [4.78, 5) is 2.50. The molecule has 2 aromatic carbocycles. The van der Waals surface area contributed by atoms with Crippen LogP contribution in [-0.2, 0) is 5.41 Å². The molecule has 1 unspecified atom stereocenters. The standard InChI is InChI=1S/C24H28F2N2O/c1-24(15-27-23-10-7-18(26)12-22(23)24)16-5-8-19(9-6-16)28-13-21(14-28)29-20-4-2-3-17(25)11-20/h2-4,7,10-12,16,19,21,27H,5-6,8-9,13-15H2,1H3. The van der Waals surface area contributed by atoms with E-state index >= 15 is 0 Å². The van der Waals surface area contributed by atoms with E-state index in [0.29, 0.717) is 17.7 Å². The number of benzene rings is 2. The van der Waals surface area contributed by atoms with E-state index in [2.05, 4.69) is 17.1 Å². The van der Waals surface area contributed by atoms with Crippen LogP contribution in [0.3, 0.4) is 0 Å². The van der Waals surface area contributed by atoms with Gasteiger partial charge in [0.25, 0.3) is 0 Å². The van der Waals surface area contributed by atoms with E-state index in [4.69, 9.17) is 4.74 Å². The van der Waals surface area contributed by atoms with Gasteiger partial charge >= 0.3 is 0 Å². The Balaban J connectivity index is 1.15. The minimum atomic E-state index is -0.256. The fourth-order valence-corrected chi connectivity index (χ4v) is 5.53. The normalized spacial score (nSPS) is 29.8. The molecule has 2 heterocycles. The van der Waals surface area contributed by atoms with E-state index in [1.54, 1.807) is 18.2 Å². The number of nitrogens with zero attached hydrogens (tertiary/aromatic N) is 1. The quantitative estimate of drug-likeness (QED) is 0.787. The average molecular weight is 398 g/mol. The van der Waals surface area contributed by atoms with Crippen LogP contribution in [0.5, 0.6) is 5.75 Å². The fraction of sp³-hybridized carbons (Fsp3) is 0.500. The molecular weight excluding hydrogens is 370 g/mol. The molecule has 0 radical (unpaired) electrons. The number of halogens is 2. The molecule has 1 aliphatic carbocycles. The van der Waals surface area contributed by atoms with Crippen molar-refractivity contribution in [2.24, 2.45) is 5.92 Å². The lowest BCUT2D eigenvalue weighted by atomic mass is 9.66. The molecule has 0 spiro atoms. The maximum atomic E-state index is 13.8. The highest BCUT2D eigenvalue weighted by molar-refractivity contribution is 5.60. The SMILES string of the molecule is CC1(C2CCC(N3CC(Oc4cccc(F)c4)C3)CC2)CNc2ccc(F)cc21. The molecule has 1 saturated heterocycles. The molecule has 0 amide bonds. The topological polar surface area (TPSA) is 24.5 Å². The van der Waals surface area contributed by atoms with Gasteiger partial charge in [-0.05, 0) is 67.5 Å². The molecule has 5 rings (SSSR count). The molecule has 3 aliphatic rings. The summed E-state index contributed by atoms with van der Waals surface area (Å²) < 4.78 is 33.0. The molecule has 154 valence electrons. The Morgan fingerprint density at radius 2 is 1.76 bits per heavy atom. The van der Waals surface area contributed by atoms with Gasteiger partial charge in [0.15, 0.2) is 0 Å². The zero-order valence-corrected chi connectivity index (χ0v) is 16.8. The second kappa shape index (κ2) is 7.28. The second-order valence-electron chi connectivity index (χ2n) is 9.12. The van der Waals surface area contributed by atoms with Gasteiger partial charge in [-0.15, -0.1) is 0 Å². The molecule has 3 nitrogen and oxygen atoms in total. The molecule has 1 saturated carbocycles. The van der Waals surface area contributed by atoms with Crippen LogP contribution in [0.2, 0.25) is 0 Å². The van der Waals surface area contributed by atoms with Gasteiger partial charge in [-0.2, -0.15) is 0 Å². The lowest BCUT2D eigenvalue weighted by molar-refractivity contribution is -0.0257. The van der Waals surface area contributed by atoms with Gasteiger partial charge in [0.05, 0.1) is 0 Å². The fourth-order valence-electron chi connectivity index (χ4n) is 5.53. The van der Waals surface area contributed by atoms with Crippen molar-refractivity contribution in [2.45, 2.75) is 50.2 Å². The van der Waals surface area contributed by atoms with Gasteiger partial charge in [-0.25, -0.2) is 8.78 Å². The minimum Gasteiger partial charge on any atom is -0.488 e. The first-order chi connectivity index (χ1) is 14.0. The first-order valence-electron chi connectivity index (χ1n) is 10.7. The van der Waals surface area contributed by atoms with Gasteiger partial charge in [0.1, 0.15) is 23.5 Å². The third-order valence-corrected chi connectivity index (χ3v) is 7.33. The zero-order valence-electron chi connectivity index (χ0n) is 16.8. The van der Waals surface area contributed by atoms with E-state index in [1.807, 2.05) is 12.1 Å². The number of rotatable bonds is 4. The van der Waals surface area contributed by atoms with E-state index in [-0.39, 0.29) is 23.2 Å². The van der Waals surface area contributed by atoms with Crippen molar-refractivity contribution in [3.8, 4) is 5.75 Å². The molecule has 2 aromatic rings. The van der Waals surface area contributed by atoms with Gasteiger partial charge < -0.3 is 10.1 Å². The molecule has 0 bridgehead atoms. The zero-order chi connectivity index (χ0) is 20.0. The van der Waals surface area contributed by atoms with Crippen molar-refractivity contribution in [1.29, 1.82) is 0 Å². The van der Waals surface area contributed by atoms with Crippen molar-refractivity contribution in [2.75, 3.05) is 25.0 Å². The molecule has 5 heteroatoms. The first-order valence-corrected chi connectivity index (χ1v) is 10.7. The summed E-state index contributed by atoms with van der Waals surface area (Å²) in [6.45, 7) is 5.02. The number of fused-ring (bicyclic) bond motifs is 1. The molecular formula is C24H28F2N2O. The van der Waals surface area contributed by atoms with Crippen molar-refractivity contribution in [3.63, 3.8) is 0 Å². The summed E-state index contributed by atoms with van der Waals surface area (Å²) in [5.41, 5.74) is 2.25. The number of hydrogen-bond acceptors (Lipinski definition) is 3. The highest BCUT2D eigenvalue weighted by atomic mass is 19.1. The lowest BCUT2D eigenvalue weighted by Crippen LogP contribution is -2.58. The van der Waals surface area contributed by atoms with Crippen molar-refractivity contribution in [3.05, 3.63) is 59.7 Å². The van der Waals surface area contributed by atoms with Gasteiger partial charge in [-0.1, -0.05) is 13.0 Å². The van der Waals surface area contributed by atoms with Crippen molar-refractivity contribution >= 4 is 5.69 Å². The number of nitrogens with one attached hydrogen (secondary N) is 1. The third kappa shape index (κ3) is 3.50. The molecule has 1 atom stereocenters. The summed E-state index contributed by atoms with van der Waals surface area (Å²) in [6.07, 6.45) is 4.85. The second-order valence-corrected chi connectivity index (χ2v) is 9.12. The Hall–Kier alpha value is -2.14. The highest BCUT2D eigenvalue weighted by Gasteiger charge is 2.44. The van der Waals surface area contributed by atoms with E-state index in [1.165, 1.54) is 37.8 Å². The van der Waals surface area contributed by atoms with E-state index in [0.717, 1.165) is 30.9 Å². The maximum absolute atomic E-state index is 13.8. The van der Waals surface area contributed by atoms with Crippen LogP contribution in [0, 0.1) is 17.6 Å². The summed E-state index contributed by atoms with van der Waals surface area (Å²) in [5.74, 6) is 0.798. The summed E-state index contributed by atoms with van der Waals surface area (Å²) >= 11 is 0. The summed E-state index contributed by atoms with van der Waals surface area (Å²) in [6, 6.07) is 12.1. The molecule has 29 heavy (non-hydrogen) atoms. The first kappa shape index (κ1) is 18.9. The molecule has 0 aromatic heterocycles. The Bertz CT molecular complexity index is 890.